The molecular formula is C18H18N2O6S. The SMILES string of the molecule is COC(=O)Cn1c(=O)oc2cc(S(=O)(=O)N(C)c3cccc(C)c3)ccc21. The molecule has 0 atom stereocenters. The smallest absolute Gasteiger partial charge is 0.420 e. The molecule has 0 aliphatic heterocycles. The van der Waals surface area contributed by atoms with Crippen molar-refractivity contribution in [2.45, 2.75) is 18.4 Å². The largest absolute Gasteiger partial charge is 0.468 e. The molecule has 0 amide bonds. The van der Waals surface area contributed by atoms with Gasteiger partial charge in [-0.3, -0.25) is 13.7 Å². The minimum Gasteiger partial charge on any atom is -0.468 e. The van der Waals surface area contributed by atoms with Crippen LogP contribution in [0.3, 0.4) is 0 Å². The van der Waals surface area contributed by atoms with Gasteiger partial charge in [-0.25, -0.2) is 13.2 Å². The highest BCUT2D eigenvalue weighted by Crippen LogP contribution is 2.25. The fourth-order valence-corrected chi connectivity index (χ4v) is 3.87. The second kappa shape index (κ2) is 6.92. The van der Waals surface area contributed by atoms with Crippen LogP contribution in [-0.4, -0.2) is 33.1 Å². The van der Waals surface area contributed by atoms with E-state index in [4.69, 9.17) is 4.42 Å². The lowest BCUT2D eigenvalue weighted by atomic mass is 10.2. The number of oxazole rings is 1. The summed E-state index contributed by atoms with van der Waals surface area (Å²) in [7, 11) is -1.20. The van der Waals surface area contributed by atoms with Gasteiger partial charge in [0.15, 0.2) is 5.58 Å². The maximum atomic E-state index is 12.9. The van der Waals surface area contributed by atoms with E-state index in [9.17, 15) is 18.0 Å². The Kier molecular flexibility index (Phi) is 4.79. The number of carbonyl (C=O) groups excluding carboxylic acids is 1. The Morgan fingerprint density at radius 1 is 1.22 bits per heavy atom. The first kappa shape index (κ1) is 18.7. The summed E-state index contributed by atoms with van der Waals surface area (Å²) in [5, 5.41) is 0. The first-order valence-corrected chi connectivity index (χ1v) is 9.44. The summed E-state index contributed by atoms with van der Waals surface area (Å²) in [5.41, 5.74) is 1.82. The van der Waals surface area contributed by atoms with E-state index in [0.717, 1.165) is 14.4 Å². The van der Waals surface area contributed by atoms with Gasteiger partial charge in [-0.05, 0) is 36.8 Å². The zero-order chi connectivity index (χ0) is 19.8. The number of methoxy groups -OCH3 is 1. The van der Waals surface area contributed by atoms with Crippen LogP contribution in [0.25, 0.3) is 11.1 Å². The molecule has 9 heteroatoms. The predicted octanol–water partition coefficient (Wildman–Crippen LogP) is 1.90. The quantitative estimate of drug-likeness (QED) is 0.617. The molecular weight excluding hydrogens is 372 g/mol. The Labute approximate surface area is 155 Å². The molecule has 142 valence electrons. The van der Waals surface area contributed by atoms with E-state index >= 15 is 0 Å². The molecule has 2 aromatic carbocycles. The van der Waals surface area contributed by atoms with E-state index in [2.05, 4.69) is 4.74 Å². The molecule has 27 heavy (non-hydrogen) atoms. The third kappa shape index (κ3) is 3.45. The Morgan fingerprint density at radius 3 is 2.63 bits per heavy atom. The van der Waals surface area contributed by atoms with Crippen LogP contribution in [0.2, 0.25) is 0 Å². The molecule has 0 spiro atoms. The van der Waals surface area contributed by atoms with Crippen LogP contribution in [0.5, 0.6) is 0 Å². The van der Waals surface area contributed by atoms with Crippen LogP contribution in [-0.2, 0) is 26.1 Å². The van der Waals surface area contributed by atoms with Crippen LogP contribution in [0.1, 0.15) is 5.56 Å². The van der Waals surface area contributed by atoms with Crippen LogP contribution >= 0.6 is 0 Å². The molecule has 8 nitrogen and oxygen atoms in total. The van der Waals surface area contributed by atoms with Crippen molar-refractivity contribution in [1.29, 1.82) is 0 Å². The van der Waals surface area contributed by atoms with Gasteiger partial charge in [-0.2, -0.15) is 0 Å². The van der Waals surface area contributed by atoms with Gasteiger partial charge in [0, 0.05) is 13.1 Å². The van der Waals surface area contributed by atoms with E-state index in [1.807, 2.05) is 13.0 Å². The molecule has 0 aliphatic rings. The van der Waals surface area contributed by atoms with Crippen LogP contribution in [0.4, 0.5) is 5.69 Å². The first-order chi connectivity index (χ1) is 12.7. The summed E-state index contributed by atoms with van der Waals surface area (Å²) < 4.78 is 37.8. The zero-order valence-electron chi connectivity index (χ0n) is 15.0. The fourth-order valence-electron chi connectivity index (χ4n) is 2.67. The van der Waals surface area contributed by atoms with Gasteiger partial charge in [0.25, 0.3) is 10.0 Å². The van der Waals surface area contributed by atoms with Crippen molar-refractivity contribution in [2.75, 3.05) is 18.5 Å². The Morgan fingerprint density at radius 2 is 1.96 bits per heavy atom. The van der Waals surface area contributed by atoms with Crippen LogP contribution < -0.4 is 10.1 Å². The fraction of sp³-hybridized carbons (Fsp3) is 0.222. The standard InChI is InChI=1S/C18H18N2O6S/c1-12-5-4-6-13(9-12)19(2)27(23,24)14-7-8-15-16(10-14)26-18(22)20(15)11-17(21)25-3/h4-10H,11H2,1-3H3. The van der Waals surface area contributed by atoms with Gasteiger partial charge in [-0.1, -0.05) is 12.1 Å². The molecule has 0 bridgehead atoms. The number of hydrogen-bond donors (Lipinski definition) is 0. The average Bonchev–Trinajstić information content (AvgIpc) is 2.95. The molecule has 0 N–H and O–H groups in total. The molecule has 0 unspecified atom stereocenters. The van der Waals surface area contributed by atoms with Crippen molar-refractivity contribution < 1.29 is 22.4 Å². The molecule has 0 saturated heterocycles. The highest BCUT2D eigenvalue weighted by atomic mass is 32.2. The van der Waals surface area contributed by atoms with Crippen molar-refractivity contribution >= 4 is 32.8 Å². The third-order valence-corrected chi connectivity index (χ3v) is 5.96. The molecule has 1 aromatic heterocycles. The lowest BCUT2D eigenvalue weighted by Crippen LogP contribution is -2.26. The van der Waals surface area contributed by atoms with E-state index in [1.54, 1.807) is 18.2 Å². The Bertz CT molecular complexity index is 1180. The second-order valence-electron chi connectivity index (χ2n) is 5.97. The number of hydrogen-bond acceptors (Lipinski definition) is 6. The highest BCUT2D eigenvalue weighted by Gasteiger charge is 2.23. The monoisotopic (exact) mass is 390 g/mol. The lowest BCUT2D eigenvalue weighted by molar-refractivity contribution is -0.141. The number of benzene rings is 2. The maximum absolute atomic E-state index is 12.9. The van der Waals surface area contributed by atoms with Gasteiger partial charge in [-0.15, -0.1) is 0 Å². The molecule has 0 radical (unpaired) electrons. The molecule has 3 rings (SSSR count). The number of aryl methyl sites for hydroxylation is 1. The Hall–Kier alpha value is -3.07. The molecule has 3 aromatic rings. The summed E-state index contributed by atoms with van der Waals surface area (Å²) in [6, 6.07) is 11.2. The van der Waals surface area contributed by atoms with Crippen molar-refractivity contribution in [3.8, 4) is 0 Å². The van der Waals surface area contributed by atoms with Crippen molar-refractivity contribution in [1.82, 2.24) is 4.57 Å². The lowest BCUT2D eigenvalue weighted by Gasteiger charge is -2.19. The van der Waals surface area contributed by atoms with Crippen LogP contribution in [0, 0.1) is 6.92 Å². The normalized spacial score (nSPS) is 11.5. The molecule has 1 heterocycles. The van der Waals surface area contributed by atoms with Gasteiger partial charge in [0.05, 0.1) is 23.2 Å². The number of fused-ring (bicyclic) bond motifs is 1. The summed E-state index contributed by atoms with van der Waals surface area (Å²) >= 11 is 0. The maximum Gasteiger partial charge on any atom is 0.420 e. The first-order valence-electron chi connectivity index (χ1n) is 8.00. The number of rotatable bonds is 5. The third-order valence-electron chi connectivity index (χ3n) is 4.18. The zero-order valence-corrected chi connectivity index (χ0v) is 15.8. The minimum absolute atomic E-state index is 0.0297. The number of aromatic nitrogens is 1. The average molecular weight is 390 g/mol. The number of nitrogens with zero attached hydrogens (tertiary/aromatic N) is 2. The Balaban J connectivity index is 2.04. The van der Waals surface area contributed by atoms with Gasteiger partial charge < -0.3 is 9.15 Å². The number of ether oxygens (including phenoxy) is 1. The molecule has 0 fully saturated rings. The van der Waals surface area contributed by atoms with E-state index in [1.165, 1.54) is 32.4 Å². The summed E-state index contributed by atoms with van der Waals surface area (Å²) in [5.74, 6) is -1.38. The summed E-state index contributed by atoms with van der Waals surface area (Å²) in [6.45, 7) is 1.55. The van der Waals surface area contributed by atoms with E-state index in [-0.39, 0.29) is 17.0 Å². The highest BCUT2D eigenvalue weighted by molar-refractivity contribution is 7.92. The predicted molar refractivity (Wildman–Crippen MR) is 99.3 cm³/mol. The molecule has 0 saturated carbocycles. The summed E-state index contributed by atoms with van der Waals surface area (Å²) in [4.78, 5) is 23.4. The van der Waals surface area contributed by atoms with E-state index < -0.39 is 21.7 Å². The molecule has 0 aliphatic carbocycles. The number of sulfonamides is 1. The number of anilines is 1. The van der Waals surface area contributed by atoms with Crippen molar-refractivity contribution in [2.24, 2.45) is 0 Å². The number of esters is 1. The van der Waals surface area contributed by atoms with Gasteiger partial charge in [0.1, 0.15) is 6.54 Å². The number of carbonyl (C=O) groups is 1. The van der Waals surface area contributed by atoms with Crippen molar-refractivity contribution in [3.05, 3.63) is 58.6 Å². The van der Waals surface area contributed by atoms with Crippen molar-refractivity contribution in [3.63, 3.8) is 0 Å². The minimum atomic E-state index is -3.86. The summed E-state index contributed by atoms with van der Waals surface area (Å²) in [6.07, 6.45) is 0. The van der Waals surface area contributed by atoms with Gasteiger partial charge in [0.2, 0.25) is 0 Å². The van der Waals surface area contributed by atoms with Gasteiger partial charge >= 0.3 is 11.7 Å². The van der Waals surface area contributed by atoms with Crippen LogP contribution in [0.15, 0.2) is 56.6 Å². The van der Waals surface area contributed by atoms with E-state index in [0.29, 0.717) is 11.2 Å². The topological polar surface area (TPSA) is 98.8 Å². The second-order valence-corrected chi connectivity index (χ2v) is 7.94.